The number of amides is 1. The van der Waals surface area contributed by atoms with Crippen LogP contribution >= 0.6 is 0 Å². The van der Waals surface area contributed by atoms with E-state index < -0.39 is 11.7 Å². The van der Waals surface area contributed by atoms with Crippen LogP contribution in [0.3, 0.4) is 0 Å². The highest BCUT2D eigenvalue weighted by Crippen LogP contribution is 2.18. The lowest BCUT2D eigenvalue weighted by Crippen LogP contribution is -2.13. The lowest BCUT2D eigenvalue weighted by atomic mass is 10.2. The van der Waals surface area contributed by atoms with Crippen molar-refractivity contribution in [2.24, 2.45) is 7.05 Å². The van der Waals surface area contributed by atoms with Gasteiger partial charge in [-0.05, 0) is 12.1 Å². The fourth-order valence-corrected chi connectivity index (χ4v) is 1.88. The number of fused-ring (bicyclic) bond motifs is 1. The number of benzene rings is 1. The van der Waals surface area contributed by atoms with Gasteiger partial charge >= 0.3 is 5.76 Å². The summed E-state index contributed by atoms with van der Waals surface area (Å²) < 4.78 is 6.44. The zero-order valence-corrected chi connectivity index (χ0v) is 10.5. The van der Waals surface area contributed by atoms with Gasteiger partial charge in [-0.2, -0.15) is 0 Å². The van der Waals surface area contributed by atoms with E-state index in [1.54, 1.807) is 25.2 Å². The second-order valence-electron chi connectivity index (χ2n) is 4.13. The lowest BCUT2D eigenvalue weighted by Gasteiger charge is -2.03. The molecule has 1 aromatic carbocycles. The Hall–Kier alpha value is -2.96. The highest BCUT2D eigenvalue weighted by molar-refractivity contribution is 6.10. The average molecular weight is 270 g/mol. The standard InChI is InChI=1S/C13H10N4O3/c1-17-9-4-2-3-8(11(9)20-13(17)19)12(18)16-10-7-14-5-6-15-10/h2-7H,1H3,(H,15,16,18). The normalized spacial score (nSPS) is 10.7. The number of para-hydroxylation sites is 1. The molecule has 0 radical (unpaired) electrons. The molecule has 0 fully saturated rings. The number of rotatable bonds is 2. The van der Waals surface area contributed by atoms with Gasteiger partial charge in [-0.15, -0.1) is 0 Å². The SMILES string of the molecule is Cn1c(=O)oc2c(C(=O)Nc3cnccn3)cccc21. The molecule has 7 heteroatoms. The maximum absolute atomic E-state index is 12.2. The van der Waals surface area contributed by atoms with Crippen LogP contribution in [0.5, 0.6) is 0 Å². The number of aromatic nitrogens is 3. The minimum Gasteiger partial charge on any atom is -0.407 e. The Labute approximate surface area is 112 Å². The molecule has 1 N–H and O–H groups in total. The van der Waals surface area contributed by atoms with Gasteiger partial charge < -0.3 is 9.73 Å². The third-order valence-corrected chi connectivity index (χ3v) is 2.87. The Bertz CT molecular complexity index is 836. The molecule has 20 heavy (non-hydrogen) atoms. The molecule has 0 saturated heterocycles. The van der Waals surface area contributed by atoms with Crippen LogP contribution < -0.4 is 11.1 Å². The minimum atomic E-state index is -0.514. The van der Waals surface area contributed by atoms with Crippen molar-refractivity contribution in [1.82, 2.24) is 14.5 Å². The zero-order chi connectivity index (χ0) is 14.1. The van der Waals surface area contributed by atoms with E-state index in [-0.39, 0.29) is 11.1 Å². The van der Waals surface area contributed by atoms with Crippen molar-refractivity contribution < 1.29 is 9.21 Å². The number of hydrogen-bond donors (Lipinski definition) is 1. The van der Waals surface area contributed by atoms with Crippen molar-refractivity contribution in [3.63, 3.8) is 0 Å². The van der Waals surface area contributed by atoms with Crippen LogP contribution in [0.2, 0.25) is 0 Å². The number of nitrogens with one attached hydrogen (secondary N) is 1. The number of carbonyl (C=O) groups is 1. The molecule has 0 aliphatic rings. The van der Waals surface area contributed by atoms with E-state index >= 15 is 0 Å². The minimum absolute atomic E-state index is 0.251. The topological polar surface area (TPSA) is 90.0 Å². The van der Waals surface area contributed by atoms with Crippen molar-refractivity contribution >= 4 is 22.8 Å². The summed E-state index contributed by atoms with van der Waals surface area (Å²) in [5.41, 5.74) is 1.08. The van der Waals surface area contributed by atoms with Crippen molar-refractivity contribution in [3.8, 4) is 0 Å². The molecular weight excluding hydrogens is 260 g/mol. The summed E-state index contributed by atoms with van der Waals surface area (Å²) in [6.45, 7) is 0. The molecule has 100 valence electrons. The van der Waals surface area contributed by atoms with Crippen LogP contribution in [-0.4, -0.2) is 20.4 Å². The molecule has 0 saturated carbocycles. The van der Waals surface area contributed by atoms with Gasteiger partial charge in [0.1, 0.15) is 0 Å². The monoisotopic (exact) mass is 270 g/mol. The molecular formula is C13H10N4O3. The van der Waals surface area contributed by atoms with Gasteiger partial charge in [-0.1, -0.05) is 6.07 Å². The van der Waals surface area contributed by atoms with Gasteiger partial charge in [0.2, 0.25) is 0 Å². The second kappa shape index (κ2) is 4.61. The maximum Gasteiger partial charge on any atom is 0.419 e. The lowest BCUT2D eigenvalue weighted by molar-refractivity contribution is 0.102. The molecule has 3 rings (SSSR count). The Morgan fingerprint density at radius 1 is 1.35 bits per heavy atom. The third-order valence-electron chi connectivity index (χ3n) is 2.87. The third kappa shape index (κ3) is 1.95. The quantitative estimate of drug-likeness (QED) is 0.755. The summed E-state index contributed by atoms with van der Waals surface area (Å²) in [6, 6.07) is 4.97. The molecule has 0 spiro atoms. The zero-order valence-electron chi connectivity index (χ0n) is 10.5. The smallest absolute Gasteiger partial charge is 0.407 e. The van der Waals surface area contributed by atoms with Crippen LogP contribution in [0, 0.1) is 0 Å². The summed E-state index contributed by atoms with van der Waals surface area (Å²) in [7, 11) is 1.58. The summed E-state index contributed by atoms with van der Waals surface area (Å²) in [6.07, 6.45) is 4.41. The Balaban J connectivity index is 2.04. The fourth-order valence-electron chi connectivity index (χ4n) is 1.88. The van der Waals surface area contributed by atoms with E-state index in [0.717, 1.165) is 0 Å². The first-order valence-corrected chi connectivity index (χ1v) is 5.83. The molecule has 2 heterocycles. The number of carbonyl (C=O) groups excluding carboxylic acids is 1. The van der Waals surface area contributed by atoms with Crippen molar-refractivity contribution in [1.29, 1.82) is 0 Å². The van der Waals surface area contributed by atoms with E-state index in [1.807, 2.05) is 0 Å². The molecule has 3 aromatic rings. The van der Waals surface area contributed by atoms with Gasteiger partial charge in [0.15, 0.2) is 11.4 Å². The molecule has 0 aliphatic carbocycles. The highest BCUT2D eigenvalue weighted by atomic mass is 16.4. The molecule has 0 bridgehead atoms. The number of hydrogen-bond acceptors (Lipinski definition) is 5. The van der Waals surface area contributed by atoms with E-state index in [2.05, 4.69) is 15.3 Å². The Kier molecular flexibility index (Phi) is 2.79. The summed E-state index contributed by atoms with van der Waals surface area (Å²) in [5, 5.41) is 2.60. The van der Waals surface area contributed by atoms with Crippen LogP contribution in [0.15, 0.2) is 46.0 Å². The molecule has 0 unspecified atom stereocenters. The highest BCUT2D eigenvalue weighted by Gasteiger charge is 2.16. The second-order valence-corrected chi connectivity index (χ2v) is 4.13. The van der Waals surface area contributed by atoms with E-state index in [9.17, 15) is 9.59 Å². The van der Waals surface area contributed by atoms with Crippen LogP contribution in [0.4, 0.5) is 5.82 Å². The molecule has 0 atom stereocenters. The van der Waals surface area contributed by atoms with Crippen LogP contribution in [0.25, 0.3) is 11.1 Å². The first kappa shape index (κ1) is 12.1. The van der Waals surface area contributed by atoms with E-state index in [4.69, 9.17) is 4.42 Å². The summed E-state index contributed by atoms with van der Waals surface area (Å²) in [5.74, 6) is -0.599. The number of aryl methyl sites for hydroxylation is 1. The first-order valence-electron chi connectivity index (χ1n) is 5.83. The van der Waals surface area contributed by atoms with Gasteiger partial charge in [-0.3, -0.25) is 14.3 Å². The maximum atomic E-state index is 12.2. The first-order chi connectivity index (χ1) is 9.66. The number of nitrogens with zero attached hydrogens (tertiary/aromatic N) is 3. The predicted octanol–water partition coefficient (Wildman–Crippen LogP) is 1.17. The van der Waals surface area contributed by atoms with E-state index in [1.165, 1.54) is 23.2 Å². The van der Waals surface area contributed by atoms with Crippen molar-refractivity contribution in [3.05, 3.63) is 52.9 Å². The predicted molar refractivity (Wildman–Crippen MR) is 71.4 cm³/mol. The molecule has 7 nitrogen and oxygen atoms in total. The number of anilines is 1. The summed E-state index contributed by atoms with van der Waals surface area (Å²) in [4.78, 5) is 31.5. The van der Waals surface area contributed by atoms with Crippen molar-refractivity contribution in [2.75, 3.05) is 5.32 Å². The summed E-state index contributed by atoms with van der Waals surface area (Å²) >= 11 is 0. The number of oxazole rings is 1. The molecule has 2 aromatic heterocycles. The Morgan fingerprint density at radius 2 is 2.20 bits per heavy atom. The van der Waals surface area contributed by atoms with E-state index in [0.29, 0.717) is 11.3 Å². The molecule has 1 amide bonds. The van der Waals surface area contributed by atoms with Gasteiger partial charge in [0, 0.05) is 19.4 Å². The average Bonchev–Trinajstić information content (AvgIpc) is 2.75. The van der Waals surface area contributed by atoms with Crippen LogP contribution in [-0.2, 0) is 7.05 Å². The van der Waals surface area contributed by atoms with Gasteiger partial charge in [0.05, 0.1) is 17.3 Å². The van der Waals surface area contributed by atoms with Gasteiger partial charge in [-0.25, -0.2) is 9.78 Å². The largest absolute Gasteiger partial charge is 0.419 e. The molecule has 0 aliphatic heterocycles. The van der Waals surface area contributed by atoms with Crippen LogP contribution in [0.1, 0.15) is 10.4 Å². The fraction of sp³-hybridized carbons (Fsp3) is 0.0769. The van der Waals surface area contributed by atoms with Gasteiger partial charge in [0.25, 0.3) is 5.91 Å². The Morgan fingerprint density at radius 3 is 2.95 bits per heavy atom. The van der Waals surface area contributed by atoms with Crippen molar-refractivity contribution in [2.45, 2.75) is 0 Å².